The number of rotatable bonds is 2. The molecule has 1 unspecified atom stereocenters. The lowest BCUT2D eigenvalue weighted by Gasteiger charge is -2.52. The van der Waals surface area contributed by atoms with Gasteiger partial charge in [-0.25, -0.2) is 4.79 Å². The number of hydrogen-bond donors (Lipinski definition) is 1. The van der Waals surface area contributed by atoms with Crippen LogP contribution in [0.3, 0.4) is 0 Å². The Morgan fingerprint density at radius 3 is 2.65 bits per heavy atom. The predicted molar refractivity (Wildman–Crippen MR) is 65.4 cm³/mol. The first-order valence-corrected chi connectivity index (χ1v) is 5.75. The molecule has 0 spiro atoms. The molecule has 4 nitrogen and oxygen atoms in total. The molecule has 92 valence electrons. The van der Waals surface area contributed by atoms with E-state index in [-0.39, 0.29) is 17.7 Å². The van der Waals surface area contributed by atoms with Gasteiger partial charge in [-0.15, -0.1) is 0 Å². The van der Waals surface area contributed by atoms with E-state index in [2.05, 4.69) is 0 Å². The van der Waals surface area contributed by atoms with Crippen molar-refractivity contribution >= 4 is 6.09 Å². The fourth-order valence-corrected chi connectivity index (χ4v) is 1.85. The van der Waals surface area contributed by atoms with Crippen LogP contribution in [-0.2, 0) is 11.3 Å². The van der Waals surface area contributed by atoms with Crippen LogP contribution in [0.15, 0.2) is 30.3 Å². The van der Waals surface area contributed by atoms with Crippen LogP contribution in [0.5, 0.6) is 0 Å². The van der Waals surface area contributed by atoms with Crippen LogP contribution in [0.1, 0.15) is 19.4 Å². The van der Waals surface area contributed by atoms with E-state index in [1.54, 1.807) is 4.90 Å². The molecule has 0 aliphatic carbocycles. The van der Waals surface area contributed by atoms with Gasteiger partial charge in [0.2, 0.25) is 0 Å². The maximum absolute atomic E-state index is 11.8. The summed E-state index contributed by atoms with van der Waals surface area (Å²) >= 11 is 0. The molecule has 1 amide bonds. The molecule has 1 atom stereocenters. The molecule has 0 aromatic heterocycles. The molecule has 1 saturated heterocycles. The second-order valence-electron chi connectivity index (χ2n) is 4.91. The molecule has 4 heteroatoms. The zero-order chi connectivity index (χ0) is 12.5. The quantitative estimate of drug-likeness (QED) is 0.848. The van der Waals surface area contributed by atoms with Crippen LogP contribution >= 0.6 is 0 Å². The van der Waals surface area contributed by atoms with E-state index in [0.29, 0.717) is 13.2 Å². The first-order chi connectivity index (χ1) is 8.01. The van der Waals surface area contributed by atoms with Crippen LogP contribution < -0.4 is 5.73 Å². The van der Waals surface area contributed by atoms with Crippen molar-refractivity contribution in [1.29, 1.82) is 0 Å². The maximum Gasteiger partial charge on any atom is 0.410 e. The van der Waals surface area contributed by atoms with Crippen molar-refractivity contribution in [2.75, 3.05) is 6.54 Å². The van der Waals surface area contributed by atoms with Crippen molar-refractivity contribution in [2.45, 2.75) is 32.0 Å². The molecular formula is C13H18N2O2. The molecule has 0 bridgehead atoms. The highest BCUT2D eigenvalue weighted by molar-refractivity contribution is 5.70. The zero-order valence-electron chi connectivity index (χ0n) is 10.2. The number of likely N-dealkylation sites (tertiary alicyclic amines) is 1. The third-order valence-corrected chi connectivity index (χ3v) is 3.41. The summed E-state index contributed by atoms with van der Waals surface area (Å²) in [5.74, 6) is 0. The first-order valence-electron chi connectivity index (χ1n) is 5.75. The Balaban J connectivity index is 1.87. The number of hydrogen-bond acceptors (Lipinski definition) is 3. The number of benzene rings is 1. The molecule has 2 N–H and O–H groups in total. The number of nitrogens with two attached hydrogens (primary N) is 1. The smallest absolute Gasteiger partial charge is 0.410 e. The number of carbonyl (C=O) groups is 1. The van der Waals surface area contributed by atoms with Gasteiger partial charge in [-0.3, -0.25) is 4.90 Å². The van der Waals surface area contributed by atoms with Gasteiger partial charge in [0.15, 0.2) is 0 Å². The lowest BCUT2D eigenvalue weighted by Crippen LogP contribution is -2.72. The SMILES string of the molecule is CC1(C)C(N)CN1C(=O)OCc1ccccc1. The van der Waals surface area contributed by atoms with Crippen molar-refractivity contribution in [3.63, 3.8) is 0 Å². The molecule has 0 saturated carbocycles. The Bertz CT molecular complexity index is 403. The average Bonchev–Trinajstić information content (AvgIpc) is 2.34. The minimum Gasteiger partial charge on any atom is -0.445 e. The molecular weight excluding hydrogens is 216 g/mol. The van der Waals surface area contributed by atoms with Gasteiger partial charge in [0, 0.05) is 12.6 Å². The summed E-state index contributed by atoms with van der Waals surface area (Å²) in [6.45, 7) is 4.78. The minimum atomic E-state index is -0.298. The Morgan fingerprint density at radius 1 is 1.47 bits per heavy atom. The Labute approximate surface area is 101 Å². The van der Waals surface area contributed by atoms with Gasteiger partial charge in [0.05, 0.1) is 5.54 Å². The average molecular weight is 234 g/mol. The second-order valence-corrected chi connectivity index (χ2v) is 4.91. The first kappa shape index (κ1) is 11.9. The standard InChI is InChI=1S/C13H18N2O2/c1-13(2)11(14)8-15(13)12(16)17-9-10-6-4-3-5-7-10/h3-7,11H,8-9,14H2,1-2H3. The Morgan fingerprint density at radius 2 is 2.12 bits per heavy atom. The number of ether oxygens (including phenoxy) is 1. The summed E-state index contributed by atoms with van der Waals surface area (Å²) < 4.78 is 5.25. The molecule has 2 rings (SSSR count). The van der Waals surface area contributed by atoms with Crippen molar-refractivity contribution < 1.29 is 9.53 Å². The highest BCUT2D eigenvalue weighted by atomic mass is 16.6. The van der Waals surface area contributed by atoms with Crippen molar-refractivity contribution in [2.24, 2.45) is 5.73 Å². The van der Waals surface area contributed by atoms with E-state index in [1.807, 2.05) is 44.2 Å². The topological polar surface area (TPSA) is 55.6 Å². The molecule has 1 aliphatic heterocycles. The highest BCUT2D eigenvalue weighted by Crippen LogP contribution is 2.29. The highest BCUT2D eigenvalue weighted by Gasteiger charge is 2.47. The molecule has 1 heterocycles. The third kappa shape index (κ3) is 2.26. The van der Waals surface area contributed by atoms with Gasteiger partial charge in [-0.05, 0) is 19.4 Å². The van der Waals surface area contributed by atoms with E-state index in [0.717, 1.165) is 5.56 Å². The fourth-order valence-electron chi connectivity index (χ4n) is 1.85. The van der Waals surface area contributed by atoms with E-state index < -0.39 is 0 Å². The lowest BCUT2D eigenvalue weighted by atomic mass is 9.84. The van der Waals surface area contributed by atoms with Crippen LogP contribution in [0.4, 0.5) is 4.79 Å². The summed E-state index contributed by atoms with van der Waals surface area (Å²) in [4.78, 5) is 13.5. The molecule has 1 aromatic rings. The van der Waals surface area contributed by atoms with Crippen LogP contribution in [0.2, 0.25) is 0 Å². The molecule has 17 heavy (non-hydrogen) atoms. The second kappa shape index (κ2) is 4.37. The van der Waals surface area contributed by atoms with Crippen molar-refractivity contribution in [3.8, 4) is 0 Å². The minimum absolute atomic E-state index is 0.0341. The molecule has 1 aliphatic rings. The predicted octanol–water partition coefficient (Wildman–Crippen LogP) is 1.74. The van der Waals surface area contributed by atoms with Crippen LogP contribution in [-0.4, -0.2) is 29.1 Å². The van der Waals surface area contributed by atoms with E-state index in [4.69, 9.17) is 10.5 Å². The zero-order valence-corrected chi connectivity index (χ0v) is 10.2. The number of amides is 1. The van der Waals surface area contributed by atoms with E-state index >= 15 is 0 Å². The number of carbonyl (C=O) groups excluding carboxylic acids is 1. The Hall–Kier alpha value is -1.55. The monoisotopic (exact) mass is 234 g/mol. The molecule has 1 fully saturated rings. The van der Waals surface area contributed by atoms with E-state index in [9.17, 15) is 4.79 Å². The summed E-state index contributed by atoms with van der Waals surface area (Å²) in [5.41, 5.74) is 6.53. The molecule has 0 radical (unpaired) electrons. The van der Waals surface area contributed by atoms with Gasteiger partial charge in [0.25, 0.3) is 0 Å². The van der Waals surface area contributed by atoms with Crippen molar-refractivity contribution in [1.82, 2.24) is 4.90 Å². The number of nitrogens with zero attached hydrogens (tertiary/aromatic N) is 1. The summed E-state index contributed by atoms with van der Waals surface area (Å²) in [6, 6.07) is 9.68. The normalized spacial score (nSPS) is 21.8. The van der Waals surface area contributed by atoms with Gasteiger partial charge in [-0.2, -0.15) is 0 Å². The van der Waals surface area contributed by atoms with Gasteiger partial charge < -0.3 is 10.5 Å². The fraction of sp³-hybridized carbons (Fsp3) is 0.462. The lowest BCUT2D eigenvalue weighted by molar-refractivity contribution is -0.0138. The van der Waals surface area contributed by atoms with Gasteiger partial charge in [-0.1, -0.05) is 30.3 Å². The molecule has 1 aromatic carbocycles. The van der Waals surface area contributed by atoms with Gasteiger partial charge in [0.1, 0.15) is 6.61 Å². The summed E-state index contributed by atoms with van der Waals surface area (Å²) in [7, 11) is 0. The van der Waals surface area contributed by atoms with Crippen LogP contribution in [0.25, 0.3) is 0 Å². The summed E-state index contributed by atoms with van der Waals surface area (Å²) in [5, 5.41) is 0. The van der Waals surface area contributed by atoms with Crippen molar-refractivity contribution in [3.05, 3.63) is 35.9 Å². The van der Waals surface area contributed by atoms with E-state index in [1.165, 1.54) is 0 Å². The van der Waals surface area contributed by atoms with Gasteiger partial charge >= 0.3 is 6.09 Å². The maximum atomic E-state index is 11.8. The Kier molecular flexibility index (Phi) is 3.07. The largest absolute Gasteiger partial charge is 0.445 e. The van der Waals surface area contributed by atoms with Crippen LogP contribution in [0, 0.1) is 0 Å². The third-order valence-electron chi connectivity index (χ3n) is 3.41. The summed E-state index contributed by atoms with van der Waals surface area (Å²) in [6.07, 6.45) is -0.291.